The van der Waals surface area contributed by atoms with Gasteiger partial charge in [0, 0.05) is 0 Å². The molecule has 134 valence electrons. The zero-order chi connectivity index (χ0) is 18.5. The number of carbonyl (C=O) groups excluding carboxylic acids is 3. The van der Waals surface area contributed by atoms with E-state index in [1.54, 1.807) is 48.5 Å². The monoisotopic (exact) mass is 359 g/mol. The van der Waals surface area contributed by atoms with Crippen LogP contribution in [0.15, 0.2) is 66.7 Å². The molecule has 0 N–H and O–H groups in total. The van der Waals surface area contributed by atoms with Gasteiger partial charge in [-0.25, -0.2) is 9.69 Å². The number of ether oxygens (including phenoxy) is 1. The van der Waals surface area contributed by atoms with E-state index in [-0.39, 0.29) is 41.2 Å². The van der Waals surface area contributed by atoms with Gasteiger partial charge in [0.2, 0.25) is 11.8 Å². The minimum Gasteiger partial charge on any atom is -0.421 e. The third-order valence-corrected chi connectivity index (χ3v) is 5.79. The second kappa shape index (κ2) is 5.91. The fraction of sp³-hybridized carbons (Fsp3) is 0.227. The Morgan fingerprint density at radius 3 is 2.11 bits per heavy atom. The molecule has 5 heteroatoms. The molecule has 3 aliphatic rings. The lowest BCUT2D eigenvalue weighted by atomic mass is 9.85. The van der Waals surface area contributed by atoms with E-state index in [1.165, 1.54) is 4.90 Å². The number of amides is 2. The van der Waals surface area contributed by atoms with E-state index >= 15 is 0 Å². The van der Waals surface area contributed by atoms with Gasteiger partial charge in [-0.3, -0.25) is 9.59 Å². The van der Waals surface area contributed by atoms with Crippen LogP contribution in [0.25, 0.3) is 0 Å². The van der Waals surface area contributed by atoms with Crippen LogP contribution in [0.1, 0.15) is 16.8 Å². The summed E-state index contributed by atoms with van der Waals surface area (Å²) in [6, 6.07) is 15.3. The summed E-state index contributed by atoms with van der Waals surface area (Å²) in [5.74, 6) is -0.982. The molecule has 27 heavy (non-hydrogen) atoms. The van der Waals surface area contributed by atoms with Crippen molar-refractivity contribution in [1.82, 2.24) is 0 Å². The third-order valence-electron chi connectivity index (χ3n) is 5.79. The maximum Gasteiger partial charge on any atom is 0.343 e. The molecule has 4 atom stereocenters. The molecule has 1 heterocycles. The molecule has 2 aliphatic carbocycles. The molecule has 1 aliphatic heterocycles. The second-order valence-electron chi connectivity index (χ2n) is 7.24. The van der Waals surface area contributed by atoms with Crippen molar-refractivity contribution in [2.75, 3.05) is 4.90 Å². The zero-order valence-corrected chi connectivity index (χ0v) is 14.4. The number of carbonyl (C=O) groups is 3. The average Bonchev–Trinajstić information content (AvgIpc) is 3.37. The summed E-state index contributed by atoms with van der Waals surface area (Å²) in [5.41, 5.74) is 0.746. The van der Waals surface area contributed by atoms with Gasteiger partial charge in [0.1, 0.15) is 0 Å². The van der Waals surface area contributed by atoms with Gasteiger partial charge in [-0.15, -0.1) is 0 Å². The Bertz CT molecular complexity index is 951. The van der Waals surface area contributed by atoms with Crippen LogP contribution in [0.2, 0.25) is 0 Å². The maximum absolute atomic E-state index is 13.0. The first-order valence-corrected chi connectivity index (χ1v) is 9.07. The van der Waals surface area contributed by atoms with Crippen LogP contribution in [0.3, 0.4) is 0 Å². The summed E-state index contributed by atoms with van der Waals surface area (Å²) in [7, 11) is 0. The number of esters is 1. The first-order valence-electron chi connectivity index (χ1n) is 9.07. The van der Waals surface area contributed by atoms with Gasteiger partial charge < -0.3 is 4.74 Å². The number of rotatable bonds is 3. The molecule has 0 spiro atoms. The van der Waals surface area contributed by atoms with Crippen LogP contribution < -0.4 is 9.64 Å². The molecule has 2 amide bonds. The predicted octanol–water partition coefficient (Wildman–Crippen LogP) is 3.22. The maximum atomic E-state index is 13.0. The minimum atomic E-state index is -0.524. The smallest absolute Gasteiger partial charge is 0.343 e. The summed E-state index contributed by atoms with van der Waals surface area (Å²) in [6.45, 7) is 0. The Labute approximate surface area is 156 Å². The van der Waals surface area contributed by atoms with Crippen LogP contribution in [0.4, 0.5) is 5.69 Å². The van der Waals surface area contributed by atoms with E-state index < -0.39 is 5.97 Å². The Balaban J connectivity index is 1.48. The number of hydrogen-bond acceptors (Lipinski definition) is 4. The molecule has 2 bridgehead atoms. The van der Waals surface area contributed by atoms with Crippen LogP contribution >= 0.6 is 0 Å². The van der Waals surface area contributed by atoms with Crippen molar-refractivity contribution >= 4 is 23.5 Å². The SMILES string of the molecule is O=C(Oc1ccccc1N1C(=O)[C@H]2[C@H](C1=O)[C@H]1C=C[C@H]2C1)c1ccccc1. The zero-order valence-electron chi connectivity index (χ0n) is 14.4. The first kappa shape index (κ1) is 16.0. The molecular formula is C22H17NO4. The van der Waals surface area contributed by atoms with Crippen molar-refractivity contribution in [3.05, 3.63) is 72.3 Å². The number of anilines is 1. The van der Waals surface area contributed by atoms with E-state index in [9.17, 15) is 14.4 Å². The lowest BCUT2D eigenvalue weighted by molar-refractivity contribution is -0.123. The highest BCUT2D eigenvalue weighted by atomic mass is 16.5. The summed E-state index contributed by atoms with van der Waals surface area (Å²) in [4.78, 5) is 39.7. The number of hydrogen-bond donors (Lipinski definition) is 0. The fourth-order valence-corrected chi connectivity index (χ4v) is 4.60. The van der Waals surface area contributed by atoms with Gasteiger partial charge in [-0.05, 0) is 42.5 Å². The van der Waals surface area contributed by atoms with Gasteiger partial charge >= 0.3 is 5.97 Å². The summed E-state index contributed by atoms with van der Waals surface area (Å²) in [6.07, 6.45) is 5.00. The topological polar surface area (TPSA) is 63.7 Å². The number of nitrogens with zero attached hydrogens (tertiary/aromatic N) is 1. The second-order valence-corrected chi connectivity index (χ2v) is 7.24. The number of allylic oxidation sites excluding steroid dienone is 2. The number of fused-ring (bicyclic) bond motifs is 5. The molecule has 0 radical (unpaired) electrons. The Kier molecular flexibility index (Phi) is 3.50. The lowest BCUT2D eigenvalue weighted by Crippen LogP contribution is -2.33. The third kappa shape index (κ3) is 2.35. The first-order chi connectivity index (χ1) is 13.1. The van der Waals surface area contributed by atoms with Crippen molar-refractivity contribution in [2.24, 2.45) is 23.7 Å². The summed E-state index contributed by atoms with van der Waals surface area (Å²) in [5, 5.41) is 0. The van der Waals surface area contributed by atoms with E-state index in [2.05, 4.69) is 12.2 Å². The predicted molar refractivity (Wildman–Crippen MR) is 98.1 cm³/mol. The Morgan fingerprint density at radius 2 is 1.44 bits per heavy atom. The van der Waals surface area contributed by atoms with Gasteiger partial charge in [-0.1, -0.05) is 42.5 Å². The lowest BCUT2D eigenvalue weighted by Gasteiger charge is -2.20. The number of benzene rings is 2. The molecule has 0 unspecified atom stereocenters. The van der Waals surface area contributed by atoms with Gasteiger partial charge in [-0.2, -0.15) is 0 Å². The Morgan fingerprint density at radius 1 is 0.852 bits per heavy atom. The van der Waals surface area contributed by atoms with Gasteiger partial charge in [0.25, 0.3) is 0 Å². The van der Waals surface area contributed by atoms with E-state index in [0.29, 0.717) is 11.3 Å². The molecule has 1 saturated carbocycles. The molecule has 2 aromatic carbocycles. The molecule has 5 nitrogen and oxygen atoms in total. The van der Waals surface area contributed by atoms with Crippen molar-refractivity contribution in [3.63, 3.8) is 0 Å². The van der Waals surface area contributed by atoms with E-state index in [1.807, 2.05) is 6.07 Å². The standard InChI is InChI=1S/C22H17NO4/c24-20-18-14-10-11-15(12-14)19(18)21(25)23(20)16-8-4-5-9-17(16)27-22(26)13-6-2-1-3-7-13/h1-11,14-15,18-19H,12H2/t14-,15-,18+,19+/m0/s1. The van der Waals surface area contributed by atoms with Crippen LogP contribution in [-0.4, -0.2) is 17.8 Å². The molecular weight excluding hydrogens is 342 g/mol. The molecule has 1 saturated heterocycles. The van der Waals surface area contributed by atoms with Crippen molar-refractivity contribution < 1.29 is 19.1 Å². The Hall–Kier alpha value is -3.21. The summed E-state index contributed by atoms with van der Waals surface area (Å²) >= 11 is 0. The minimum absolute atomic E-state index is 0.139. The number of imide groups is 1. The molecule has 2 fully saturated rings. The van der Waals surface area contributed by atoms with Crippen molar-refractivity contribution in [1.29, 1.82) is 0 Å². The van der Waals surface area contributed by atoms with Gasteiger partial charge in [0.05, 0.1) is 23.1 Å². The summed E-state index contributed by atoms with van der Waals surface area (Å²) < 4.78 is 5.53. The fourth-order valence-electron chi connectivity index (χ4n) is 4.60. The highest BCUT2D eigenvalue weighted by molar-refractivity contribution is 6.23. The van der Waals surface area contributed by atoms with Gasteiger partial charge in [0.15, 0.2) is 5.75 Å². The van der Waals surface area contributed by atoms with Crippen LogP contribution in [-0.2, 0) is 9.59 Å². The van der Waals surface area contributed by atoms with E-state index in [4.69, 9.17) is 4.74 Å². The van der Waals surface area contributed by atoms with Crippen molar-refractivity contribution in [3.8, 4) is 5.75 Å². The molecule has 5 rings (SSSR count). The van der Waals surface area contributed by atoms with Crippen LogP contribution in [0, 0.1) is 23.7 Å². The average molecular weight is 359 g/mol. The largest absolute Gasteiger partial charge is 0.421 e. The highest BCUT2D eigenvalue weighted by Crippen LogP contribution is 2.53. The van der Waals surface area contributed by atoms with Crippen LogP contribution in [0.5, 0.6) is 5.75 Å². The van der Waals surface area contributed by atoms with Crippen molar-refractivity contribution in [2.45, 2.75) is 6.42 Å². The normalized spacial score (nSPS) is 27.9. The quantitative estimate of drug-likeness (QED) is 0.365. The molecule has 2 aromatic rings. The number of para-hydroxylation sites is 2. The van der Waals surface area contributed by atoms with E-state index in [0.717, 1.165) is 6.42 Å². The highest BCUT2D eigenvalue weighted by Gasteiger charge is 2.59. The molecule has 0 aromatic heterocycles.